The lowest BCUT2D eigenvalue weighted by Crippen LogP contribution is -2.39. The van der Waals surface area contributed by atoms with E-state index in [1.54, 1.807) is 6.20 Å². The van der Waals surface area contributed by atoms with Gasteiger partial charge in [0.1, 0.15) is 6.07 Å². The quantitative estimate of drug-likeness (QED) is 0.887. The van der Waals surface area contributed by atoms with Gasteiger partial charge in [0.05, 0.1) is 11.3 Å². The van der Waals surface area contributed by atoms with Crippen molar-refractivity contribution in [2.45, 2.75) is 25.8 Å². The lowest BCUT2D eigenvalue weighted by molar-refractivity contribution is 0.0443. The van der Waals surface area contributed by atoms with Crippen LogP contribution in [0.3, 0.4) is 0 Å². The number of rotatable bonds is 5. The molecule has 0 aromatic carbocycles. The molecule has 20 heavy (non-hydrogen) atoms. The Morgan fingerprint density at radius 1 is 1.50 bits per heavy atom. The molecule has 1 aliphatic heterocycles. The monoisotopic (exact) mass is 274 g/mol. The van der Waals surface area contributed by atoms with Gasteiger partial charge < -0.3 is 15.0 Å². The van der Waals surface area contributed by atoms with E-state index >= 15 is 0 Å². The first-order valence-corrected chi connectivity index (χ1v) is 7.09. The Labute approximate surface area is 120 Å². The summed E-state index contributed by atoms with van der Waals surface area (Å²) in [6.45, 7) is 5.44. The summed E-state index contributed by atoms with van der Waals surface area (Å²) >= 11 is 0. The molecule has 1 fully saturated rings. The number of aromatic nitrogens is 1. The van der Waals surface area contributed by atoms with Gasteiger partial charge in [0.15, 0.2) is 0 Å². The number of ether oxygens (including phenoxy) is 1. The van der Waals surface area contributed by atoms with Crippen molar-refractivity contribution in [2.24, 2.45) is 0 Å². The molecular weight excluding hydrogens is 252 g/mol. The van der Waals surface area contributed by atoms with Crippen LogP contribution in [-0.2, 0) is 4.74 Å². The van der Waals surface area contributed by atoms with Crippen LogP contribution in [0.25, 0.3) is 0 Å². The van der Waals surface area contributed by atoms with Crippen LogP contribution in [0.4, 0.5) is 5.69 Å². The molecule has 0 saturated carbocycles. The molecule has 5 nitrogen and oxygen atoms in total. The highest BCUT2D eigenvalue weighted by atomic mass is 16.5. The molecule has 0 bridgehead atoms. The molecule has 0 atom stereocenters. The maximum absolute atomic E-state index is 9.07. The van der Waals surface area contributed by atoms with E-state index in [1.807, 2.05) is 13.0 Å². The molecule has 108 valence electrons. The fourth-order valence-corrected chi connectivity index (χ4v) is 2.47. The Hall–Kier alpha value is -1.64. The van der Waals surface area contributed by atoms with E-state index in [4.69, 9.17) is 10.00 Å². The fraction of sp³-hybridized carbons (Fsp3) is 0.600. The average molecular weight is 274 g/mol. The Balaban J connectivity index is 1.83. The predicted molar refractivity (Wildman–Crippen MR) is 78.6 cm³/mol. The molecule has 1 aromatic heterocycles. The Bertz CT molecular complexity index is 477. The molecule has 1 aromatic rings. The highest BCUT2D eigenvalue weighted by molar-refractivity contribution is 5.56. The third-order valence-electron chi connectivity index (χ3n) is 3.76. The van der Waals surface area contributed by atoms with Crippen molar-refractivity contribution in [3.63, 3.8) is 0 Å². The number of hydrogen-bond donors (Lipinski definition) is 1. The Kier molecular flexibility index (Phi) is 5.33. The number of nitriles is 1. The van der Waals surface area contributed by atoms with Gasteiger partial charge in [0.25, 0.3) is 0 Å². The zero-order valence-corrected chi connectivity index (χ0v) is 12.2. The van der Waals surface area contributed by atoms with Crippen LogP contribution in [0.15, 0.2) is 12.3 Å². The summed E-state index contributed by atoms with van der Waals surface area (Å²) in [6.07, 6.45) is 3.84. The van der Waals surface area contributed by atoms with Gasteiger partial charge in [-0.15, -0.1) is 0 Å². The minimum atomic E-state index is 0.601. The number of likely N-dealkylation sites (N-methyl/N-ethyl adjacent to an activating group) is 1. The van der Waals surface area contributed by atoms with Crippen molar-refractivity contribution < 1.29 is 4.74 Å². The largest absolute Gasteiger partial charge is 0.383 e. The summed E-state index contributed by atoms with van der Waals surface area (Å²) in [6, 6.07) is 4.70. The maximum atomic E-state index is 9.07. The van der Waals surface area contributed by atoms with Crippen LogP contribution in [0, 0.1) is 18.3 Å². The highest BCUT2D eigenvalue weighted by Crippen LogP contribution is 2.15. The molecule has 2 heterocycles. The van der Waals surface area contributed by atoms with Gasteiger partial charge in [0.2, 0.25) is 0 Å². The minimum absolute atomic E-state index is 0.601. The van der Waals surface area contributed by atoms with Gasteiger partial charge in [0, 0.05) is 44.2 Å². The van der Waals surface area contributed by atoms with Crippen molar-refractivity contribution in [3.8, 4) is 6.07 Å². The number of aryl methyl sites for hydroxylation is 1. The summed E-state index contributed by atoms with van der Waals surface area (Å²) in [5.74, 6) is 0. The first-order chi connectivity index (χ1) is 9.70. The molecule has 0 aliphatic carbocycles. The number of anilines is 1. The summed E-state index contributed by atoms with van der Waals surface area (Å²) in [5, 5.41) is 12.4. The number of hydrogen-bond acceptors (Lipinski definition) is 5. The smallest absolute Gasteiger partial charge is 0.103 e. The molecule has 0 amide bonds. The summed E-state index contributed by atoms with van der Waals surface area (Å²) < 4.78 is 5.38. The lowest BCUT2D eigenvalue weighted by Gasteiger charge is -2.31. The van der Waals surface area contributed by atoms with Crippen molar-refractivity contribution >= 4 is 5.69 Å². The number of pyridine rings is 1. The second kappa shape index (κ2) is 7.22. The highest BCUT2D eigenvalue weighted by Gasteiger charge is 2.17. The van der Waals surface area contributed by atoms with Crippen molar-refractivity contribution in [2.75, 3.05) is 38.7 Å². The van der Waals surface area contributed by atoms with Crippen molar-refractivity contribution in [1.82, 2.24) is 9.88 Å². The Morgan fingerprint density at radius 3 is 2.95 bits per heavy atom. The van der Waals surface area contributed by atoms with E-state index in [9.17, 15) is 0 Å². The van der Waals surface area contributed by atoms with E-state index in [-0.39, 0.29) is 0 Å². The average Bonchev–Trinajstić information content (AvgIpc) is 2.48. The van der Waals surface area contributed by atoms with Crippen LogP contribution in [0.5, 0.6) is 0 Å². The molecule has 1 N–H and O–H groups in total. The van der Waals surface area contributed by atoms with Crippen LogP contribution in [-0.4, -0.2) is 49.3 Å². The number of nitrogens with zero attached hydrogens (tertiary/aromatic N) is 3. The normalized spacial score (nSPS) is 16.1. The first kappa shape index (κ1) is 14.8. The van der Waals surface area contributed by atoms with Gasteiger partial charge in [-0.2, -0.15) is 5.26 Å². The molecule has 0 spiro atoms. The molecular formula is C15H22N4O. The van der Waals surface area contributed by atoms with E-state index in [0.717, 1.165) is 50.5 Å². The van der Waals surface area contributed by atoms with Crippen LogP contribution in [0.1, 0.15) is 24.1 Å². The lowest BCUT2D eigenvalue weighted by atomic mass is 10.1. The van der Waals surface area contributed by atoms with Gasteiger partial charge in [-0.3, -0.25) is 4.98 Å². The molecule has 0 radical (unpaired) electrons. The summed E-state index contributed by atoms with van der Waals surface area (Å²) in [5.41, 5.74) is 2.40. The van der Waals surface area contributed by atoms with E-state index in [1.165, 1.54) is 0 Å². The third kappa shape index (κ3) is 3.92. The van der Waals surface area contributed by atoms with Crippen molar-refractivity contribution in [3.05, 3.63) is 23.5 Å². The maximum Gasteiger partial charge on any atom is 0.103 e. The van der Waals surface area contributed by atoms with Crippen molar-refractivity contribution in [1.29, 1.82) is 5.26 Å². The standard InChI is InChI=1S/C15H22N4O/c1-12-9-15(13(10-16)11-18-12)17-5-6-19(2)14-3-7-20-8-4-14/h9,11,14H,3-8H2,1-2H3,(H,17,18). The minimum Gasteiger partial charge on any atom is -0.383 e. The van der Waals surface area contributed by atoms with Gasteiger partial charge in [-0.25, -0.2) is 0 Å². The fourth-order valence-electron chi connectivity index (χ4n) is 2.47. The zero-order valence-electron chi connectivity index (χ0n) is 12.2. The topological polar surface area (TPSA) is 61.2 Å². The van der Waals surface area contributed by atoms with E-state index in [2.05, 4.69) is 28.3 Å². The number of nitrogens with one attached hydrogen (secondary N) is 1. The summed E-state index contributed by atoms with van der Waals surface area (Å²) in [7, 11) is 2.15. The van der Waals surface area contributed by atoms with Gasteiger partial charge in [-0.1, -0.05) is 0 Å². The first-order valence-electron chi connectivity index (χ1n) is 7.09. The predicted octanol–water partition coefficient (Wildman–Crippen LogP) is 1.78. The zero-order chi connectivity index (χ0) is 14.4. The van der Waals surface area contributed by atoms with Crippen LogP contribution < -0.4 is 5.32 Å². The molecule has 5 heteroatoms. The molecule has 1 saturated heterocycles. The van der Waals surface area contributed by atoms with Crippen LogP contribution in [0.2, 0.25) is 0 Å². The Morgan fingerprint density at radius 2 is 2.25 bits per heavy atom. The second-order valence-electron chi connectivity index (χ2n) is 5.23. The van der Waals surface area contributed by atoms with Gasteiger partial charge in [-0.05, 0) is 32.9 Å². The van der Waals surface area contributed by atoms with E-state index < -0.39 is 0 Å². The second-order valence-corrected chi connectivity index (χ2v) is 5.23. The third-order valence-corrected chi connectivity index (χ3v) is 3.76. The summed E-state index contributed by atoms with van der Waals surface area (Å²) in [4.78, 5) is 6.51. The van der Waals surface area contributed by atoms with Crippen LogP contribution >= 0.6 is 0 Å². The van der Waals surface area contributed by atoms with Gasteiger partial charge >= 0.3 is 0 Å². The van der Waals surface area contributed by atoms with E-state index in [0.29, 0.717) is 11.6 Å². The SMILES string of the molecule is Cc1cc(NCCN(C)C2CCOCC2)c(C#N)cn1. The molecule has 2 rings (SSSR count). The molecule has 1 aliphatic rings. The molecule has 0 unspecified atom stereocenters.